The number of benzene rings is 3. The van der Waals surface area contributed by atoms with E-state index in [1.54, 1.807) is 0 Å². The van der Waals surface area contributed by atoms with Crippen molar-refractivity contribution < 1.29 is 19.1 Å². The molecule has 3 atom stereocenters. The first-order valence-corrected chi connectivity index (χ1v) is 18.9. The maximum Gasteiger partial charge on any atom is 0.407 e. The maximum atomic E-state index is 13.7. The minimum Gasteiger partial charge on any atom is -0.453 e. The molecule has 2 saturated heterocycles. The number of imidazole rings is 2. The van der Waals surface area contributed by atoms with E-state index in [2.05, 4.69) is 69.9 Å². The fraction of sp³-hybridized carbons (Fsp3) is 0.405. The Balaban J connectivity index is 1.04. The van der Waals surface area contributed by atoms with Gasteiger partial charge in [0.2, 0.25) is 12.3 Å². The molecule has 5 aromatic rings. The van der Waals surface area contributed by atoms with Crippen molar-refractivity contribution in [3.8, 4) is 22.4 Å². The standard InChI is InChI=1S/C42H47N7O4/c1-25(2)38(47-42(52)53-3)41(51)49-19-5-7-37(49)40-44-33-17-16-30(22-34(33)45-40)31-20-26-8-12-28(31)13-9-27-11-15-29(14-10-26)32(21-27)35-23-43-39(46-35)36-6-4-18-48(36)24-50/h8,11-12,15-17,20-25,36-38H,4-7,9-10,13-14,18-19H2,1-3H3,(H,43,46)(H,44,45)(H,47,52)/t36-,37-,38-/m0/s1. The fourth-order valence-electron chi connectivity index (χ4n) is 8.46. The van der Waals surface area contributed by atoms with E-state index >= 15 is 0 Å². The Bertz CT molecular complexity index is 2170. The molecule has 3 N–H and O–H groups in total. The van der Waals surface area contributed by atoms with Gasteiger partial charge in [-0.15, -0.1) is 0 Å². The maximum absolute atomic E-state index is 13.7. The van der Waals surface area contributed by atoms with Crippen LogP contribution in [0.15, 0.2) is 60.8 Å². The van der Waals surface area contributed by atoms with Crippen LogP contribution in [-0.4, -0.2) is 74.4 Å². The third kappa shape index (κ3) is 6.80. The molecule has 0 unspecified atom stereocenters. The summed E-state index contributed by atoms with van der Waals surface area (Å²) < 4.78 is 4.80. The van der Waals surface area contributed by atoms with Gasteiger partial charge in [0.15, 0.2) is 0 Å². The van der Waals surface area contributed by atoms with Crippen LogP contribution in [0.5, 0.6) is 0 Å². The Labute approximate surface area is 309 Å². The largest absolute Gasteiger partial charge is 0.453 e. The predicted molar refractivity (Wildman–Crippen MR) is 203 cm³/mol. The minimum atomic E-state index is -0.676. The summed E-state index contributed by atoms with van der Waals surface area (Å²) in [6, 6.07) is 19.3. The Morgan fingerprint density at radius 1 is 0.868 bits per heavy atom. The molecule has 4 heterocycles. The molecule has 4 bridgehead atoms. The van der Waals surface area contributed by atoms with Gasteiger partial charge < -0.3 is 29.8 Å². The smallest absolute Gasteiger partial charge is 0.407 e. The van der Waals surface area contributed by atoms with Gasteiger partial charge in [-0.2, -0.15) is 0 Å². The van der Waals surface area contributed by atoms with E-state index in [-0.39, 0.29) is 23.9 Å². The number of likely N-dealkylation sites (tertiary alicyclic amines) is 2. The molecule has 2 fully saturated rings. The number of nitrogens with one attached hydrogen (secondary N) is 3. The van der Waals surface area contributed by atoms with Crippen molar-refractivity contribution in [3.63, 3.8) is 0 Å². The number of carbonyl (C=O) groups excluding carboxylic acids is 3. The molecule has 0 spiro atoms. The van der Waals surface area contributed by atoms with Crippen molar-refractivity contribution in [2.75, 3.05) is 20.2 Å². The summed E-state index contributed by atoms with van der Waals surface area (Å²) in [4.78, 5) is 58.0. The Morgan fingerprint density at radius 3 is 2.32 bits per heavy atom. The number of aromatic amines is 2. The lowest BCUT2D eigenvalue weighted by molar-refractivity contribution is -0.135. The van der Waals surface area contributed by atoms with E-state index in [1.807, 2.05) is 29.8 Å². The SMILES string of the molecule is COC(=O)N[C@H](C(=O)N1CCC[C@H]1c1nc2cc(-c3cc4ccc3CCc3ccc(c(-c5c[nH]c([C@@H]6CCCN6C=O)n5)c3)CC4)ccc2[nH]1)C(C)C. The van der Waals surface area contributed by atoms with E-state index < -0.39 is 12.1 Å². The summed E-state index contributed by atoms with van der Waals surface area (Å²) >= 11 is 0. The van der Waals surface area contributed by atoms with E-state index in [4.69, 9.17) is 14.7 Å². The van der Waals surface area contributed by atoms with Gasteiger partial charge in [0, 0.05) is 24.8 Å². The van der Waals surface area contributed by atoms with Crippen LogP contribution in [0.1, 0.15) is 85.5 Å². The quantitative estimate of drug-likeness (QED) is 0.151. The minimum absolute atomic E-state index is 0.0167. The number of aromatic nitrogens is 4. The molecule has 2 aromatic heterocycles. The number of nitrogens with zero attached hydrogens (tertiary/aromatic N) is 4. The van der Waals surface area contributed by atoms with Gasteiger partial charge in [0.25, 0.3) is 0 Å². The first-order valence-electron chi connectivity index (χ1n) is 18.9. The van der Waals surface area contributed by atoms with E-state index in [9.17, 15) is 14.4 Å². The molecule has 2 aliphatic heterocycles. The molecule has 11 rings (SSSR count). The second-order valence-corrected chi connectivity index (χ2v) is 15.1. The number of amides is 3. The predicted octanol–water partition coefficient (Wildman–Crippen LogP) is 6.84. The number of alkyl carbamates (subject to hydrolysis) is 1. The van der Waals surface area contributed by atoms with Crippen LogP contribution >= 0.6 is 0 Å². The molecule has 274 valence electrons. The molecule has 3 aromatic carbocycles. The number of carbonyl (C=O) groups is 3. The summed E-state index contributed by atoms with van der Waals surface area (Å²) in [5, 5.41) is 2.73. The zero-order chi connectivity index (χ0) is 36.6. The van der Waals surface area contributed by atoms with Crippen LogP contribution in [0.3, 0.4) is 0 Å². The highest BCUT2D eigenvalue weighted by Gasteiger charge is 2.37. The Kier molecular flexibility index (Phi) is 9.49. The second-order valence-electron chi connectivity index (χ2n) is 15.1. The van der Waals surface area contributed by atoms with E-state index in [0.717, 1.165) is 104 Å². The lowest BCUT2D eigenvalue weighted by Crippen LogP contribution is -2.51. The number of hydrogen-bond donors (Lipinski definition) is 3. The molecular formula is C42H47N7O4. The summed E-state index contributed by atoms with van der Waals surface area (Å²) in [5.41, 5.74) is 11.4. The number of methoxy groups -OCH3 is 1. The first kappa shape index (κ1) is 34.6. The van der Waals surface area contributed by atoms with Gasteiger partial charge in [-0.3, -0.25) is 9.59 Å². The van der Waals surface area contributed by atoms with Gasteiger partial charge in [-0.1, -0.05) is 50.2 Å². The monoisotopic (exact) mass is 713 g/mol. The average Bonchev–Trinajstić information content (AvgIpc) is 4.00. The van der Waals surface area contributed by atoms with Crippen molar-refractivity contribution in [1.82, 2.24) is 35.1 Å². The first-order chi connectivity index (χ1) is 25.8. The van der Waals surface area contributed by atoms with Gasteiger partial charge in [-0.05, 0) is 109 Å². The summed E-state index contributed by atoms with van der Waals surface area (Å²) in [5.74, 6) is 1.43. The zero-order valence-electron chi connectivity index (χ0n) is 30.7. The van der Waals surface area contributed by atoms with Crippen LogP contribution < -0.4 is 5.32 Å². The van der Waals surface area contributed by atoms with Gasteiger partial charge in [0.1, 0.15) is 17.7 Å². The number of fused-ring (bicyclic) bond motifs is 1. The van der Waals surface area contributed by atoms with Crippen LogP contribution in [0, 0.1) is 5.92 Å². The third-order valence-corrected chi connectivity index (χ3v) is 11.4. The lowest BCUT2D eigenvalue weighted by Gasteiger charge is -2.29. The highest BCUT2D eigenvalue weighted by Crippen LogP contribution is 2.36. The molecule has 11 nitrogen and oxygen atoms in total. The number of rotatable bonds is 8. The highest BCUT2D eigenvalue weighted by atomic mass is 16.5. The van der Waals surface area contributed by atoms with Crippen molar-refractivity contribution >= 4 is 29.4 Å². The molecule has 11 heteroatoms. The molecule has 4 aliphatic carbocycles. The van der Waals surface area contributed by atoms with Crippen molar-refractivity contribution in [2.45, 2.75) is 83.3 Å². The van der Waals surface area contributed by atoms with Gasteiger partial charge in [-0.25, -0.2) is 14.8 Å². The Morgan fingerprint density at radius 2 is 1.58 bits per heavy atom. The van der Waals surface area contributed by atoms with E-state index in [1.165, 1.54) is 34.9 Å². The molecule has 53 heavy (non-hydrogen) atoms. The summed E-state index contributed by atoms with van der Waals surface area (Å²) in [7, 11) is 1.31. The van der Waals surface area contributed by atoms with E-state index in [0.29, 0.717) is 6.54 Å². The topological polar surface area (TPSA) is 136 Å². The summed E-state index contributed by atoms with van der Waals surface area (Å²) in [6.07, 6.45) is 9.48. The molecule has 6 aliphatic rings. The third-order valence-electron chi connectivity index (χ3n) is 11.4. The van der Waals surface area contributed by atoms with Gasteiger partial charge in [0.05, 0.1) is 35.9 Å². The number of ether oxygens (including phenoxy) is 1. The van der Waals surface area contributed by atoms with Crippen molar-refractivity contribution in [3.05, 3.63) is 94.7 Å². The fourth-order valence-corrected chi connectivity index (χ4v) is 8.46. The molecular weight excluding hydrogens is 667 g/mol. The number of hydrogen-bond acceptors (Lipinski definition) is 6. The molecule has 3 amide bonds. The number of aryl methyl sites for hydroxylation is 4. The second kappa shape index (κ2) is 14.5. The van der Waals surface area contributed by atoms with Crippen molar-refractivity contribution in [2.24, 2.45) is 5.92 Å². The normalized spacial score (nSPS) is 19.1. The molecule has 0 radical (unpaired) electrons. The van der Waals surface area contributed by atoms with Crippen LogP contribution in [-0.2, 0) is 40.0 Å². The Hall–Kier alpha value is -5.45. The average molecular weight is 714 g/mol. The zero-order valence-corrected chi connectivity index (χ0v) is 30.7. The van der Waals surface area contributed by atoms with Crippen LogP contribution in [0.25, 0.3) is 33.4 Å². The lowest BCUT2D eigenvalue weighted by atomic mass is 9.88. The van der Waals surface area contributed by atoms with Gasteiger partial charge >= 0.3 is 6.09 Å². The summed E-state index contributed by atoms with van der Waals surface area (Å²) in [6.45, 7) is 5.24. The van der Waals surface area contributed by atoms with Crippen LogP contribution in [0.4, 0.5) is 4.79 Å². The molecule has 0 saturated carbocycles. The van der Waals surface area contributed by atoms with Crippen LogP contribution in [0.2, 0.25) is 0 Å². The number of H-pyrrole nitrogens is 2. The van der Waals surface area contributed by atoms with Crippen molar-refractivity contribution in [1.29, 1.82) is 0 Å². The highest BCUT2D eigenvalue weighted by molar-refractivity contribution is 5.87.